The van der Waals surface area contributed by atoms with Crippen LogP contribution in [0, 0.1) is 5.92 Å². The average molecular weight is 278 g/mol. The topological polar surface area (TPSA) is 37.3 Å². The molecular weight excluding hydrogens is 267 g/mol. The van der Waals surface area contributed by atoms with E-state index in [1.54, 1.807) is 26.0 Å². The molecule has 0 aliphatic carbocycles. The van der Waals surface area contributed by atoms with E-state index in [2.05, 4.69) is 15.9 Å². The number of aromatic hydroxyl groups is 1. The Morgan fingerprint density at radius 3 is 2.57 bits per heavy atom. The van der Waals surface area contributed by atoms with E-state index in [-0.39, 0.29) is 28.0 Å². The van der Waals surface area contributed by atoms with Crippen LogP contribution < -0.4 is 0 Å². The van der Waals surface area contributed by atoms with Crippen LogP contribution in [0.3, 0.4) is 0 Å². The second-order valence-corrected chi connectivity index (χ2v) is 4.63. The molecule has 0 aromatic heterocycles. The van der Waals surface area contributed by atoms with Crippen LogP contribution in [0.15, 0.2) is 16.6 Å². The van der Waals surface area contributed by atoms with Gasteiger partial charge in [0.15, 0.2) is 5.78 Å². The van der Waals surface area contributed by atoms with Crippen LogP contribution in [0.25, 0.3) is 0 Å². The number of hydrogen-bond donors (Lipinski definition) is 1. The Balaban J connectivity index is 3.27. The second kappa shape index (κ2) is 4.32. The zero-order valence-electron chi connectivity index (χ0n) is 7.84. The highest BCUT2D eigenvalue weighted by atomic mass is 79.9. The maximum Gasteiger partial charge on any atom is 0.169 e. The van der Waals surface area contributed by atoms with Crippen molar-refractivity contribution >= 4 is 33.3 Å². The minimum atomic E-state index is -0.161. The third kappa shape index (κ3) is 2.28. The van der Waals surface area contributed by atoms with Crippen molar-refractivity contribution in [2.75, 3.05) is 0 Å². The predicted molar refractivity (Wildman–Crippen MR) is 60.0 cm³/mol. The fourth-order valence-corrected chi connectivity index (χ4v) is 1.87. The van der Waals surface area contributed by atoms with Crippen molar-refractivity contribution in [3.05, 3.63) is 27.2 Å². The van der Waals surface area contributed by atoms with Gasteiger partial charge in [-0.2, -0.15) is 0 Å². The summed E-state index contributed by atoms with van der Waals surface area (Å²) < 4.78 is 0.685. The van der Waals surface area contributed by atoms with Crippen molar-refractivity contribution in [3.63, 3.8) is 0 Å². The first-order valence-corrected chi connectivity index (χ1v) is 5.32. The Labute approximate surface area is 96.0 Å². The summed E-state index contributed by atoms with van der Waals surface area (Å²) in [5.41, 5.74) is 0.263. The molecule has 0 saturated carbocycles. The molecule has 0 unspecified atom stereocenters. The Morgan fingerprint density at radius 1 is 1.50 bits per heavy atom. The number of phenolic OH excluding ortho intramolecular Hbond substituents is 1. The van der Waals surface area contributed by atoms with E-state index in [4.69, 9.17) is 11.6 Å². The number of benzene rings is 1. The van der Waals surface area contributed by atoms with Gasteiger partial charge in [-0.15, -0.1) is 0 Å². The highest BCUT2D eigenvalue weighted by molar-refractivity contribution is 9.10. The Morgan fingerprint density at radius 2 is 2.07 bits per heavy atom. The lowest BCUT2D eigenvalue weighted by atomic mass is 10.0. The number of halogens is 2. The van der Waals surface area contributed by atoms with Crippen LogP contribution >= 0.6 is 27.5 Å². The number of carbonyl (C=O) groups excluding carboxylic acids is 1. The van der Waals surface area contributed by atoms with Gasteiger partial charge in [0.2, 0.25) is 0 Å². The summed E-state index contributed by atoms with van der Waals surface area (Å²) in [6.07, 6.45) is 0. The maximum atomic E-state index is 11.6. The molecule has 0 saturated heterocycles. The van der Waals surface area contributed by atoms with Gasteiger partial charge < -0.3 is 5.11 Å². The minimum absolute atomic E-state index is 0.120. The smallest absolute Gasteiger partial charge is 0.169 e. The molecule has 0 amide bonds. The van der Waals surface area contributed by atoms with Gasteiger partial charge in [0.05, 0.1) is 10.6 Å². The van der Waals surface area contributed by atoms with Gasteiger partial charge in [-0.25, -0.2) is 0 Å². The summed E-state index contributed by atoms with van der Waals surface area (Å²) in [5.74, 6) is -0.425. The molecule has 4 heteroatoms. The average Bonchev–Trinajstić information content (AvgIpc) is 2.09. The summed E-state index contributed by atoms with van der Waals surface area (Å²) in [6, 6.07) is 3.12. The van der Waals surface area contributed by atoms with Crippen LogP contribution in [0.5, 0.6) is 5.75 Å². The molecule has 0 radical (unpaired) electrons. The quantitative estimate of drug-likeness (QED) is 0.838. The first kappa shape index (κ1) is 11.5. The van der Waals surface area contributed by atoms with Gasteiger partial charge in [-0.1, -0.05) is 41.4 Å². The Bertz CT molecular complexity index is 375. The summed E-state index contributed by atoms with van der Waals surface area (Å²) in [6.45, 7) is 3.55. The van der Waals surface area contributed by atoms with Crippen LogP contribution in [0.4, 0.5) is 0 Å². The van der Waals surface area contributed by atoms with Crippen molar-refractivity contribution in [2.45, 2.75) is 13.8 Å². The summed E-state index contributed by atoms with van der Waals surface area (Å²) in [7, 11) is 0. The second-order valence-electron chi connectivity index (χ2n) is 3.30. The molecule has 1 aromatic carbocycles. The molecule has 14 heavy (non-hydrogen) atoms. The Kier molecular flexibility index (Phi) is 3.56. The zero-order valence-corrected chi connectivity index (χ0v) is 10.2. The van der Waals surface area contributed by atoms with Gasteiger partial charge >= 0.3 is 0 Å². The van der Waals surface area contributed by atoms with Gasteiger partial charge in [-0.05, 0) is 12.1 Å². The lowest BCUT2D eigenvalue weighted by Gasteiger charge is -2.08. The van der Waals surface area contributed by atoms with E-state index in [1.807, 2.05) is 0 Å². The molecule has 0 spiro atoms. The van der Waals surface area contributed by atoms with Crippen molar-refractivity contribution in [1.29, 1.82) is 0 Å². The van der Waals surface area contributed by atoms with Crippen LogP contribution in [-0.2, 0) is 0 Å². The SMILES string of the molecule is CC(C)C(=O)c1cc(Br)cc(Cl)c1O. The molecule has 0 atom stereocenters. The van der Waals surface area contributed by atoms with Crippen molar-refractivity contribution in [2.24, 2.45) is 5.92 Å². The fourth-order valence-electron chi connectivity index (χ4n) is 1.06. The first-order valence-electron chi connectivity index (χ1n) is 4.15. The van der Waals surface area contributed by atoms with E-state index in [1.165, 1.54) is 0 Å². The third-order valence-corrected chi connectivity index (χ3v) is 2.56. The molecule has 1 N–H and O–H groups in total. The molecule has 1 rings (SSSR count). The third-order valence-electron chi connectivity index (χ3n) is 1.82. The van der Waals surface area contributed by atoms with Crippen LogP contribution in [0.1, 0.15) is 24.2 Å². The molecule has 1 aromatic rings. The van der Waals surface area contributed by atoms with E-state index in [0.29, 0.717) is 4.47 Å². The predicted octanol–water partition coefficient (Wildman–Crippen LogP) is 3.65. The normalized spacial score (nSPS) is 10.6. The minimum Gasteiger partial charge on any atom is -0.506 e. The van der Waals surface area contributed by atoms with Crippen molar-refractivity contribution in [3.8, 4) is 5.75 Å². The van der Waals surface area contributed by atoms with Gasteiger partial charge in [0, 0.05) is 10.4 Å². The zero-order chi connectivity index (χ0) is 10.9. The van der Waals surface area contributed by atoms with Crippen molar-refractivity contribution in [1.82, 2.24) is 0 Å². The van der Waals surface area contributed by atoms with E-state index in [9.17, 15) is 9.90 Å². The van der Waals surface area contributed by atoms with Crippen molar-refractivity contribution < 1.29 is 9.90 Å². The number of phenols is 1. The van der Waals surface area contributed by atoms with E-state index >= 15 is 0 Å². The van der Waals surface area contributed by atoms with Crippen LogP contribution in [0.2, 0.25) is 5.02 Å². The molecule has 76 valence electrons. The molecule has 0 heterocycles. The Hall–Kier alpha value is -0.540. The molecule has 0 aliphatic rings. The van der Waals surface area contributed by atoms with Gasteiger partial charge in [-0.3, -0.25) is 4.79 Å². The maximum absolute atomic E-state index is 11.6. The van der Waals surface area contributed by atoms with E-state index < -0.39 is 0 Å². The lowest BCUT2D eigenvalue weighted by Crippen LogP contribution is -2.07. The fraction of sp³-hybridized carbons (Fsp3) is 0.300. The molecule has 0 aliphatic heterocycles. The number of ketones is 1. The lowest BCUT2D eigenvalue weighted by molar-refractivity contribution is 0.0936. The monoisotopic (exact) mass is 276 g/mol. The number of hydrogen-bond acceptors (Lipinski definition) is 2. The highest BCUT2D eigenvalue weighted by Crippen LogP contribution is 2.32. The highest BCUT2D eigenvalue weighted by Gasteiger charge is 2.17. The van der Waals surface area contributed by atoms with Gasteiger partial charge in [0.1, 0.15) is 5.75 Å². The standard InChI is InChI=1S/C10H10BrClO2/c1-5(2)9(13)7-3-6(11)4-8(12)10(7)14/h3-5,14H,1-2H3. The number of rotatable bonds is 2. The summed E-state index contributed by atoms with van der Waals surface area (Å²) in [4.78, 5) is 11.6. The molecule has 0 fully saturated rings. The molecule has 0 bridgehead atoms. The summed E-state index contributed by atoms with van der Waals surface area (Å²) in [5, 5.41) is 9.75. The van der Waals surface area contributed by atoms with Crippen LogP contribution in [-0.4, -0.2) is 10.9 Å². The molecular formula is C10H10BrClO2. The summed E-state index contributed by atoms with van der Waals surface area (Å²) >= 11 is 8.95. The number of carbonyl (C=O) groups is 1. The first-order chi connectivity index (χ1) is 6.43. The largest absolute Gasteiger partial charge is 0.506 e. The molecule has 2 nitrogen and oxygen atoms in total. The van der Waals surface area contributed by atoms with Gasteiger partial charge in [0.25, 0.3) is 0 Å². The van der Waals surface area contributed by atoms with E-state index in [0.717, 1.165) is 0 Å². The number of Topliss-reactive ketones (excluding diaryl/α,β-unsaturated/α-hetero) is 1.